The summed E-state index contributed by atoms with van der Waals surface area (Å²) in [4.78, 5) is 17.0. The van der Waals surface area contributed by atoms with Gasteiger partial charge in [-0.3, -0.25) is 14.9 Å². The Labute approximate surface area is 156 Å². The van der Waals surface area contributed by atoms with Gasteiger partial charge in [0.05, 0.1) is 21.3 Å². The number of aryl methyl sites for hydroxylation is 1. The van der Waals surface area contributed by atoms with Crippen molar-refractivity contribution >= 4 is 40.8 Å². The number of aromatic nitrogens is 6. The van der Waals surface area contributed by atoms with Gasteiger partial charge >= 0.3 is 0 Å². The van der Waals surface area contributed by atoms with Gasteiger partial charge < -0.3 is 0 Å². The van der Waals surface area contributed by atoms with E-state index >= 15 is 0 Å². The Morgan fingerprint density at radius 3 is 2.85 bits per heavy atom. The summed E-state index contributed by atoms with van der Waals surface area (Å²) in [7, 11) is 0. The molecule has 10 heteroatoms. The Hall–Kier alpha value is -2.97. The molecule has 130 valence electrons. The van der Waals surface area contributed by atoms with Gasteiger partial charge in [0.2, 0.25) is 0 Å². The van der Waals surface area contributed by atoms with Gasteiger partial charge in [0.15, 0.2) is 11.5 Å². The van der Waals surface area contributed by atoms with Crippen LogP contribution in [0, 0.1) is 6.92 Å². The molecule has 0 amide bonds. The number of H-pyrrole nitrogens is 1. The molecule has 0 aliphatic carbocycles. The molecule has 1 aromatic carbocycles. The summed E-state index contributed by atoms with van der Waals surface area (Å²) >= 11 is 11.9. The lowest BCUT2D eigenvalue weighted by molar-refractivity contribution is 0.765. The lowest BCUT2D eigenvalue weighted by Crippen LogP contribution is -2.19. The fourth-order valence-electron chi connectivity index (χ4n) is 2.41. The standard InChI is InChI=1S/C16H11Cl2N7O/c1-9-11(7-19-10-2-3-12(17)13(18)6-10)16(26)25(22-9)15-5-4-14-21-20-8-24(14)23-15/h2-8,22H,1H3. The number of rotatable bonds is 3. The van der Waals surface area contributed by atoms with Crippen molar-refractivity contribution in [2.75, 3.05) is 0 Å². The van der Waals surface area contributed by atoms with Crippen LogP contribution in [-0.4, -0.2) is 35.8 Å². The number of fused-ring (bicyclic) bond motifs is 1. The number of nitrogens with one attached hydrogen (secondary N) is 1. The minimum absolute atomic E-state index is 0.272. The van der Waals surface area contributed by atoms with Crippen molar-refractivity contribution in [1.29, 1.82) is 0 Å². The number of aliphatic imine (C=N–C) groups is 1. The molecule has 4 aromatic rings. The van der Waals surface area contributed by atoms with Crippen molar-refractivity contribution in [2.45, 2.75) is 6.92 Å². The molecule has 0 radical (unpaired) electrons. The quantitative estimate of drug-likeness (QED) is 0.546. The maximum absolute atomic E-state index is 12.7. The first kappa shape index (κ1) is 16.5. The van der Waals surface area contributed by atoms with Crippen molar-refractivity contribution in [1.82, 2.24) is 29.6 Å². The fraction of sp³-hybridized carbons (Fsp3) is 0.0625. The molecule has 0 aliphatic rings. The highest BCUT2D eigenvalue weighted by Crippen LogP contribution is 2.26. The van der Waals surface area contributed by atoms with E-state index in [2.05, 4.69) is 25.4 Å². The molecule has 0 bridgehead atoms. The van der Waals surface area contributed by atoms with Crippen LogP contribution in [0.15, 0.2) is 46.4 Å². The predicted octanol–water partition coefficient (Wildman–Crippen LogP) is 2.97. The van der Waals surface area contributed by atoms with Gasteiger partial charge in [0.25, 0.3) is 5.56 Å². The van der Waals surface area contributed by atoms with Gasteiger partial charge in [-0.1, -0.05) is 23.2 Å². The highest BCUT2D eigenvalue weighted by atomic mass is 35.5. The maximum Gasteiger partial charge on any atom is 0.281 e. The number of hydrogen-bond donors (Lipinski definition) is 1. The zero-order chi connectivity index (χ0) is 18.3. The molecule has 0 atom stereocenters. The molecule has 3 aromatic heterocycles. The first-order valence-corrected chi connectivity index (χ1v) is 8.27. The van der Waals surface area contributed by atoms with Gasteiger partial charge in [0, 0.05) is 11.9 Å². The number of halogens is 2. The smallest absolute Gasteiger partial charge is 0.281 e. The summed E-state index contributed by atoms with van der Waals surface area (Å²) in [6.07, 6.45) is 2.95. The molecular weight excluding hydrogens is 377 g/mol. The van der Waals surface area contributed by atoms with Crippen molar-refractivity contribution in [3.05, 3.63) is 68.3 Å². The van der Waals surface area contributed by atoms with E-state index in [0.717, 1.165) is 0 Å². The van der Waals surface area contributed by atoms with Crippen LogP contribution >= 0.6 is 23.2 Å². The molecule has 0 saturated carbocycles. The maximum atomic E-state index is 12.7. The largest absolute Gasteiger partial charge is 0.293 e. The van der Waals surface area contributed by atoms with Crippen molar-refractivity contribution in [2.24, 2.45) is 4.99 Å². The summed E-state index contributed by atoms with van der Waals surface area (Å²) < 4.78 is 2.83. The third kappa shape index (κ3) is 2.89. The Kier molecular flexibility index (Phi) is 4.06. The molecule has 1 N–H and O–H groups in total. The van der Waals surface area contributed by atoms with E-state index in [0.29, 0.717) is 38.5 Å². The number of hydrogen-bond acceptors (Lipinski definition) is 5. The third-order valence-corrected chi connectivity index (χ3v) is 4.48. The van der Waals surface area contributed by atoms with Crippen LogP contribution in [0.25, 0.3) is 11.5 Å². The SMILES string of the molecule is Cc1[nH]n(-c2ccc3nncn3n2)c(=O)c1C=Nc1ccc(Cl)c(Cl)c1. The van der Waals surface area contributed by atoms with Crippen molar-refractivity contribution < 1.29 is 0 Å². The first-order valence-electron chi connectivity index (χ1n) is 7.51. The highest BCUT2D eigenvalue weighted by Gasteiger charge is 2.12. The van der Waals surface area contributed by atoms with Gasteiger partial charge in [0.1, 0.15) is 6.33 Å². The Morgan fingerprint density at radius 1 is 1.19 bits per heavy atom. The van der Waals surface area contributed by atoms with Gasteiger partial charge in [-0.2, -0.15) is 9.20 Å². The summed E-state index contributed by atoms with van der Waals surface area (Å²) in [5.41, 5.74) is 1.99. The lowest BCUT2D eigenvalue weighted by atomic mass is 10.3. The third-order valence-electron chi connectivity index (χ3n) is 3.74. The van der Waals surface area contributed by atoms with Crippen molar-refractivity contribution in [3.8, 4) is 5.82 Å². The lowest BCUT2D eigenvalue weighted by Gasteiger charge is -2.00. The number of benzene rings is 1. The topological polar surface area (TPSA) is 93.2 Å². The molecule has 3 heterocycles. The van der Waals surface area contributed by atoms with E-state index in [-0.39, 0.29) is 5.56 Å². The number of aromatic amines is 1. The molecular formula is C16H11Cl2N7O. The van der Waals surface area contributed by atoms with Gasteiger partial charge in [-0.05, 0) is 37.3 Å². The zero-order valence-electron chi connectivity index (χ0n) is 13.4. The molecule has 26 heavy (non-hydrogen) atoms. The predicted molar refractivity (Wildman–Crippen MR) is 99.2 cm³/mol. The van der Waals surface area contributed by atoms with Crippen LogP contribution in [0.3, 0.4) is 0 Å². The van der Waals surface area contributed by atoms with Crippen LogP contribution in [0.2, 0.25) is 10.0 Å². The van der Waals surface area contributed by atoms with Crippen LogP contribution in [-0.2, 0) is 0 Å². The Balaban J connectivity index is 1.73. The summed E-state index contributed by atoms with van der Waals surface area (Å²) in [6, 6.07) is 8.40. The second-order valence-electron chi connectivity index (χ2n) is 5.47. The Morgan fingerprint density at radius 2 is 2.04 bits per heavy atom. The molecule has 0 spiro atoms. The van der Waals surface area contributed by atoms with Crippen LogP contribution in [0.4, 0.5) is 5.69 Å². The fourth-order valence-corrected chi connectivity index (χ4v) is 2.71. The average Bonchev–Trinajstić information content (AvgIpc) is 3.20. The van der Waals surface area contributed by atoms with E-state index in [4.69, 9.17) is 23.2 Å². The van der Waals surface area contributed by atoms with E-state index in [1.165, 1.54) is 21.7 Å². The minimum Gasteiger partial charge on any atom is -0.293 e. The van der Waals surface area contributed by atoms with E-state index in [1.807, 2.05) is 0 Å². The van der Waals surface area contributed by atoms with E-state index in [1.54, 1.807) is 37.3 Å². The summed E-state index contributed by atoms with van der Waals surface area (Å²) in [5, 5.41) is 15.8. The van der Waals surface area contributed by atoms with Gasteiger partial charge in [-0.25, -0.2) is 0 Å². The summed E-state index contributed by atoms with van der Waals surface area (Å²) in [6.45, 7) is 1.78. The van der Waals surface area contributed by atoms with E-state index in [9.17, 15) is 4.79 Å². The van der Waals surface area contributed by atoms with E-state index < -0.39 is 0 Å². The molecule has 0 fully saturated rings. The second-order valence-corrected chi connectivity index (χ2v) is 6.29. The molecule has 8 nitrogen and oxygen atoms in total. The number of nitrogens with zero attached hydrogens (tertiary/aromatic N) is 6. The van der Waals surface area contributed by atoms with Gasteiger partial charge in [-0.15, -0.1) is 15.3 Å². The average molecular weight is 388 g/mol. The van der Waals surface area contributed by atoms with Crippen molar-refractivity contribution in [3.63, 3.8) is 0 Å². The van der Waals surface area contributed by atoms with Crippen LogP contribution < -0.4 is 5.56 Å². The second kappa shape index (κ2) is 6.40. The Bertz CT molecular complexity index is 1210. The molecule has 0 unspecified atom stereocenters. The first-order chi connectivity index (χ1) is 12.5. The highest BCUT2D eigenvalue weighted by molar-refractivity contribution is 6.42. The monoisotopic (exact) mass is 387 g/mol. The zero-order valence-corrected chi connectivity index (χ0v) is 14.9. The van der Waals surface area contributed by atoms with Crippen LogP contribution in [0.5, 0.6) is 0 Å². The normalized spacial score (nSPS) is 11.7. The summed E-state index contributed by atoms with van der Waals surface area (Å²) in [5.74, 6) is 0.416. The molecule has 0 aliphatic heterocycles. The van der Waals surface area contributed by atoms with Crippen LogP contribution in [0.1, 0.15) is 11.3 Å². The molecule has 4 rings (SSSR count). The minimum atomic E-state index is -0.272. The molecule has 0 saturated heterocycles.